The van der Waals surface area contributed by atoms with Crippen molar-refractivity contribution in [3.8, 4) is 0 Å². The van der Waals surface area contributed by atoms with Crippen molar-refractivity contribution >= 4 is 27.3 Å². The molecule has 0 spiro atoms. The van der Waals surface area contributed by atoms with Crippen LogP contribution in [0.1, 0.15) is 29.4 Å². The van der Waals surface area contributed by atoms with E-state index in [-0.39, 0.29) is 17.4 Å². The zero-order valence-corrected chi connectivity index (χ0v) is 14.1. The lowest BCUT2D eigenvalue weighted by molar-refractivity contribution is 0.102. The number of anilines is 2. The van der Waals surface area contributed by atoms with Crippen LogP contribution in [0.15, 0.2) is 36.8 Å². The normalized spacial score (nSPS) is 14.1. The molecule has 1 aromatic carbocycles. The first kappa shape index (κ1) is 16.4. The summed E-state index contributed by atoms with van der Waals surface area (Å²) in [6, 6.07) is 5.27. The van der Waals surface area contributed by atoms with Gasteiger partial charge in [0.05, 0.1) is 17.6 Å². The third-order valence-corrected chi connectivity index (χ3v) is 5.69. The minimum Gasteiger partial charge on any atom is -0.321 e. The Kier molecular flexibility index (Phi) is 4.48. The fourth-order valence-electron chi connectivity index (χ4n) is 2.70. The summed E-state index contributed by atoms with van der Waals surface area (Å²) in [5.41, 5.74) is 2.45. The van der Waals surface area contributed by atoms with E-state index in [2.05, 4.69) is 15.3 Å². The van der Waals surface area contributed by atoms with Gasteiger partial charge < -0.3 is 5.32 Å². The first-order valence-electron chi connectivity index (χ1n) is 7.72. The second kappa shape index (κ2) is 6.56. The summed E-state index contributed by atoms with van der Waals surface area (Å²) in [5.74, 6) is -0.283. The third kappa shape index (κ3) is 3.23. The SMILES string of the molecule is CCS(=O)(=O)N1CCCc2cc(NC(=O)c3cnccn3)ccc21. The van der Waals surface area contributed by atoms with Gasteiger partial charge in [0.2, 0.25) is 10.0 Å². The van der Waals surface area contributed by atoms with E-state index in [0.717, 1.165) is 18.4 Å². The van der Waals surface area contributed by atoms with E-state index in [1.165, 1.54) is 22.9 Å². The van der Waals surface area contributed by atoms with Gasteiger partial charge in [-0.2, -0.15) is 0 Å². The van der Waals surface area contributed by atoms with E-state index in [4.69, 9.17) is 0 Å². The number of aromatic nitrogens is 2. The van der Waals surface area contributed by atoms with E-state index < -0.39 is 10.0 Å². The molecule has 24 heavy (non-hydrogen) atoms. The molecule has 0 unspecified atom stereocenters. The van der Waals surface area contributed by atoms with Gasteiger partial charge in [0, 0.05) is 24.6 Å². The van der Waals surface area contributed by atoms with Crippen LogP contribution in [0.2, 0.25) is 0 Å². The minimum absolute atomic E-state index is 0.0671. The maximum absolute atomic E-state index is 12.2. The smallest absolute Gasteiger partial charge is 0.275 e. The van der Waals surface area contributed by atoms with Crippen LogP contribution in [0.4, 0.5) is 11.4 Å². The van der Waals surface area contributed by atoms with Gasteiger partial charge in [-0.3, -0.25) is 14.1 Å². The molecule has 7 nitrogen and oxygen atoms in total. The zero-order valence-electron chi connectivity index (χ0n) is 13.3. The quantitative estimate of drug-likeness (QED) is 0.912. The highest BCUT2D eigenvalue weighted by Crippen LogP contribution is 2.31. The second-order valence-corrected chi connectivity index (χ2v) is 7.65. The monoisotopic (exact) mass is 346 g/mol. The maximum Gasteiger partial charge on any atom is 0.275 e. The number of fused-ring (bicyclic) bond motifs is 1. The zero-order chi connectivity index (χ0) is 17.2. The van der Waals surface area contributed by atoms with Gasteiger partial charge >= 0.3 is 0 Å². The first-order chi connectivity index (χ1) is 11.5. The molecular weight excluding hydrogens is 328 g/mol. The minimum atomic E-state index is -3.29. The van der Waals surface area contributed by atoms with Crippen LogP contribution >= 0.6 is 0 Å². The molecule has 1 aliphatic heterocycles. The molecule has 0 fully saturated rings. The molecule has 0 saturated heterocycles. The molecule has 2 heterocycles. The van der Waals surface area contributed by atoms with Gasteiger partial charge in [-0.25, -0.2) is 13.4 Å². The van der Waals surface area contributed by atoms with Crippen molar-refractivity contribution in [1.29, 1.82) is 0 Å². The van der Waals surface area contributed by atoms with Crippen molar-refractivity contribution in [3.63, 3.8) is 0 Å². The second-order valence-electron chi connectivity index (χ2n) is 5.46. The van der Waals surface area contributed by atoms with Gasteiger partial charge in [-0.1, -0.05) is 0 Å². The highest BCUT2D eigenvalue weighted by molar-refractivity contribution is 7.92. The predicted octanol–water partition coefficient (Wildman–Crippen LogP) is 1.83. The Morgan fingerprint density at radius 1 is 1.33 bits per heavy atom. The summed E-state index contributed by atoms with van der Waals surface area (Å²) in [7, 11) is -3.29. The van der Waals surface area contributed by atoms with Crippen LogP contribution in [0, 0.1) is 0 Å². The molecule has 8 heteroatoms. The number of rotatable bonds is 4. The third-order valence-electron chi connectivity index (χ3n) is 3.91. The molecule has 0 radical (unpaired) electrons. The van der Waals surface area contributed by atoms with Crippen LogP contribution in [0.5, 0.6) is 0 Å². The lowest BCUT2D eigenvalue weighted by Crippen LogP contribution is -2.36. The number of nitrogens with one attached hydrogen (secondary N) is 1. The molecule has 0 atom stereocenters. The van der Waals surface area contributed by atoms with E-state index in [1.54, 1.807) is 19.1 Å². The summed E-state index contributed by atoms with van der Waals surface area (Å²) in [5, 5.41) is 2.77. The number of carbonyl (C=O) groups excluding carboxylic acids is 1. The summed E-state index contributed by atoms with van der Waals surface area (Å²) in [4.78, 5) is 20.0. The van der Waals surface area contributed by atoms with Crippen LogP contribution in [0.3, 0.4) is 0 Å². The largest absolute Gasteiger partial charge is 0.321 e. The molecule has 126 valence electrons. The molecule has 0 bridgehead atoms. The Bertz CT molecular complexity index is 853. The lowest BCUT2D eigenvalue weighted by Gasteiger charge is -2.30. The number of hydrogen-bond acceptors (Lipinski definition) is 5. The Balaban J connectivity index is 1.85. The highest BCUT2D eigenvalue weighted by atomic mass is 32.2. The van der Waals surface area contributed by atoms with Crippen LogP contribution < -0.4 is 9.62 Å². The van der Waals surface area contributed by atoms with Crippen molar-refractivity contribution in [2.24, 2.45) is 0 Å². The van der Waals surface area contributed by atoms with Gasteiger partial charge in [-0.15, -0.1) is 0 Å². The number of nitrogens with zero attached hydrogens (tertiary/aromatic N) is 3. The highest BCUT2D eigenvalue weighted by Gasteiger charge is 2.26. The number of carbonyl (C=O) groups is 1. The van der Waals surface area contributed by atoms with Crippen LogP contribution in [-0.2, 0) is 16.4 Å². The standard InChI is InChI=1S/C16H18N4O3S/c1-2-24(22,23)20-9-3-4-12-10-13(5-6-15(12)20)19-16(21)14-11-17-7-8-18-14/h5-8,10-11H,2-4,9H2,1H3,(H,19,21). The topological polar surface area (TPSA) is 92.3 Å². The summed E-state index contributed by atoms with van der Waals surface area (Å²) >= 11 is 0. The fraction of sp³-hybridized carbons (Fsp3) is 0.312. The molecular formula is C16H18N4O3S. The van der Waals surface area contributed by atoms with E-state index in [9.17, 15) is 13.2 Å². The van der Waals surface area contributed by atoms with Crippen molar-refractivity contribution in [2.45, 2.75) is 19.8 Å². The molecule has 1 aliphatic rings. The van der Waals surface area contributed by atoms with Crippen LogP contribution in [0.25, 0.3) is 0 Å². The molecule has 1 N–H and O–H groups in total. The molecule has 2 aromatic rings. The summed E-state index contributed by atoms with van der Waals surface area (Å²) < 4.78 is 25.9. The molecule has 3 rings (SSSR count). The number of sulfonamides is 1. The van der Waals surface area contributed by atoms with Crippen molar-refractivity contribution in [3.05, 3.63) is 48.0 Å². The van der Waals surface area contributed by atoms with E-state index >= 15 is 0 Å². The number of benzene rings is 1. The fourth-order valence-corrected chi connectivity index (χ4v) is 3.89. The predicted molar refractivity (Wildman–Crippen MR) is 91.6 cm³/mol. The average Bonchev–Trinajstić information content (AvgIpc) is 2.61. The Morgan fingerprint density at radius 3 is 2.88 bits per heavy atom. The number of hydrogen-bond donors (Lipinski definition) is 1. The Labute approximate surface area is 140 Å². The number of amides is 1. The molecule has 0 saturated carbocycles. The summed E-state index contributed by atoms with van der Waals surface area (Å²) in [6.07, 6.45) is 5.88. The molecule has 0 aliphatic carbocycles. The van der Waals surface area contributed by atoms with Gasteiger partial charge in [0.1, 0.15) is 5.69 Å². The molecule has 1 aromatic heterocycles. The number of aryl methyl sites for hydroxylation is 1. The average molecular weight is 346 g/mol. The lowest BCUT2D eigenvalue weighted by atomic mass is 10.0. The van der Waals surface area contributed by atoms with Crippen molar-refractivity contribution in [1.82, 2.24) is 9.97 Å². The first-order valence-corrected chi connectivity index (χ1v) is 9.33. The summed E-state index contributed by atoms with van der Waals surface area (Å²) in [6.45, 7) is 2.13. The van der Waals surface area contributed by atoms with Crippen molar-refractivity contribution < 1.29 is 13.2 Å². The Morgan fingerprint density at radius 2 is 2.17 bits per heavy atom. The van der Waals surface area contributed by atoms with E-state index in [0.29, 0.717) is 17.9 Å². The van der Waals surface area contributed by atoms with Gasteiger partial charge in [0.15, 0.2) is 0 Å². The van der Waals surface area contributed by atoms with Gasteiger partial charge in [0.25, 0.3) is 5.91 Å². The molecule has 1 amide bonds. The maximum atomic E-state index is 12.2. The van der Waals surface area contributed by atoms with E-state index in [1.807, 2.05) is 6.07 Å². The Hall–Kier alpha value is -2.48. The van der Waals surface area contributed by atoms with Gasteiger partial charge in [-0.05, 0) is 43.5 Å². The van der Waals surface area contributed by atoms with Crippen LogP contribution in [-0.4, -0.2) is 36.6 Å². The van der Waals surface area contributed by atoms with Crippen molar-refractivity contribution in [2.75, 3.05) is 21.9 Å².